The van der Waals surface area contributed by atoms with Crippen molar-refractivity contribution in [2.24, 2.45) is 7.05 Å². The van der Waals surface area contributed by atoms with Gasteiger partial charge < -0.3 is 10.1 Å². The molecule has 0 radical (unpaired) electrons. The van der Waals surface area contributed by atoms with Gasteiger partial charge in [0.25, 0.3) is 5.91 Å². The minimum Gasteiger partial charge on any atom is -0.460 e. The molecule has 2 aromatic rings. The molecule has 1 amide bonds. The molecule has 0 bridgehead atoms. The molecule has 0 aliphatic carbocycles. The zero-order chi connectivity index (χ0) is 16.1. The van der Waals surface area contributed by atoms with Crippen LogP contribution in [0.15, 0.2) is 30.3 Å². The molecule has 0 fully saturated rings. The molecule has 1 heterocycles. The second kappa shape index (κ2) is 6.89. The van der Waals surface area contributed by atoms with Crippen molar-refractivity contribution in [2.45, 2.75) is 13.8 Å². The van der Waals surface area contributed by atoms with Crippen molar-refractivity contribution >= 4 is 11.9 Å². The predicted octanol–water partition coefficient (Wildman–Crippen LogP) is 1.62. The Kier molecular flexibility index (Phi) is 4.93. The summed E-state index contributed by atoms with van der Waals surface area (Å²) in [6, 6.07) is 8.89. The van der Waals surface area contributed by atoms with Crippen LogP contribution in [0.1, 0.15) is 32.1 Å². The van der Waals surface area contributed by atoms with Gasteiger partial charge in [-0.25, -0.2) is 4.79 Å². The summed E-state index contributed by atoms with van der Waals surface area (Å²) in [5.41, 5.74) is 2.46. The van der Waals surface area contributed by atoms with Crippen LogP contribution in [-0.4, -0.2) is 34.8 Å². The zero-order valence-corrected chi connectivity index (χ0v) is 12.9. The normalized spacial score (nSPS) is 10.3. The molecule has 0 spiro atoms. The van der Waals surface area contributed by atoms with Gasteiger partial charge in [0, 0.05) is 18.3 Å². The van der Waals surface area contributed by atoms with Crippen molar-refractivity contribution in [2.75, 3.05) is 13.2 Å². The van der Waals surface area contributed by atoms with Gasteiger partial charge in [-0.15, -0.1) is 0 Å². The van der Waals surface area contributed by atoms with E-state index in [1.165, 1.54) is 0 Å². The van der Waals surface area contributed by atoms with Gasteiger partial charge in [-0.1, -0.05) is 18.2 Å². The number of rotatable bonds is 5. The molecule has 0 unspecified atom stereocenters. The smallest absolute Gasteiger partial charge is 0.341 e. The first-order chi connectivity index (χ1) is 10.5. The number of nitrogens with one attached hydrogen (secondary N) is 1. The molecule has 2 rings (SSSR count). The summed E-state index contributed by atoms with van der Waals surface area (Å²) >= 11 is 0. The highest BCUT2D eigenvalue weighted by Gasteiger charge is 2.18. The maximum atomic E-state index is 12.0. The lowest BCUT2D eigenvalue weighted by Gasteiger charge is -2.07. The van der Waals surface area contributed by atoms with Crippen molar-refractivity contribution in [1.82, 2.24) is 15.1 Å². The van der Waals surface area contributed by atoms with Crippen molar-refractivity contribution in [3.63, 3.8) is 0 Å². The van der Waals surface area contributed by atoms with Gasteiger partial charge in [0.1, 0.15) is 12.2 Å². The summed E-state index contributed by atoms with van der Waals surface area (Å²) in [5, 5.41) is 6.88. The van der Waals surface area contributed by atoms with E-state index in [0.29, 0.717) is 16.8 Å². The topological polar surface area (TPSA) is 73.2 Å². The van der Waals surface area contributed by atoms with Gasteiger partial charge in [0.05, 0.1) is 12.2 Å². The lowest BCUT2D eigenvalue weighted by Crippen LogP contribution is -2.28. The molecule has 1 aromatic heterocycles. The van der Waals surface area contributed by atoms with E-state index in [0.717, 1.165) is 5.69 Å². The van der Waals surface area contributed by atoms with Crippen molar-refractivity contribution < 1.29 is 14.3 Å². The monoisotopic (exact) mass is 301 g/mol. The first kappa shape index (κ1) is 15.8. The number of carbonyl (C=O) groups is 2. The van der Waals surface area contributed by atoms with E-state index in [2.05, 4.69) is 10.4 Å². The van der Waals surface area contributed by atoms with E-state index in [-0.39, 0.29) is 19.1 Å². The highest BCUT2D eigenvalue weighted by Crippen LogP contribution is 2.12. The zero-order valence-electron chi connectivity index (χ0n) is 12.9. The third-order valence-electron chi connectivity index (χ3n) is 3.37. The highest BCUT2D eigenvalue weighted by atomic mass is 16.5. The molecule has 6 heteroatoms. The van der Waals surface area contributed by atoms with E-state index in [1.807, 2.05) is 13.0 Å². The molecular weight excluding hydrogens is 282 g/mol. The summed E-state index contributed by atoms with van der Waals surface area (Å²) in [4.78, 5) is 23.8. The Hall–Kier alpha value is -2.63. The highest BCUT2D eigenvalue weighted by molar-refractivity contribution is 5.94. The molecule has 1 N–H and O–H groups in total. The average molecular weight is 301 g/mol. The molecule has 116 valence electrons. The van der Waals surface area contributed by atoms with Crippen LogP contribution >= 0.6 is 0 Å². The SMILES string of the molecule is Cc1nn(C)c(C)c1C(=O)OCCNC(=O)c1ccccc1. The van der Waals surface area contributed by atoms with Gasteiger partial charge in [0.2, 0.25) is 0 Å². The number of amides is 1. The summed E-state index contributed by atoms with van der Waals surface area (Å²) < 4.78 is 6.82. The minimum absolute atomic E-state index is 0.116. The number of esters is 1. The molecule has 6 nitrogen and oxygen atoms in total. The van der Waals surface area contributed by atoms with Crippen LogP contribution in [0.4, 0.5) is 0 Å². The van der Waals surface area contributed by atoms with E-state index in [1.54, 1.807) is 42.9 Å². The molecule has 1 aromatic carbocycles. The first-order valence-corrected chi connectivity index (χ1v) is 7.01. The maximum Gasteiger partial charge on any atom is 0.341 e. The third-order valence-corrected chi connectivity index (χ3v) is 3.37. The number of ether oxygens (including phenoxy) is 1. The summed E-state index contributed by atoms with van der Waals surface area (Å²) in [6.45, 7) is 3.96. The fourth-order valence-electron chi connectivity index (χ4n) is 2.14. The van der Waals surface area contributed by atoms with Crippen LogP contribution in [0.3, 0.4) is 0 Å². The average Bonchev–Trinajstić information content (AvgIpc) is 2.77. The van der Waals surface area contributed by atoms with Gasteiger partial charge in [-0.2, -0.15) is 5.10 Å². The number of aromatic nitrogens is 2. The summed E-state index contributed by atoms with van der Waals surface area (Å²) in [6.07, 6.45) is 0. The van der Waals surface area contributed by atoms with Gasteiger partial charge in [-0.3, -0.25) is 9.48 Å². The Morgan fingerprint density at radius 3 is 2.50 bits per heavy atom. The Labute approximate surface area is 129 Å². The Morgan fingerprint density at radius 2 is 1.91 bits per heavy atom. The van der Waals surface area contributed by atoms with Crippen molar-refractivity contribution in [3.8, 4) is 0 Å². The largest absolute Gasteiger partial charge is 0.460 e. The molecule has 0 aliphatic rings. The number of benzene rings is 1. The molecule has 22 heavy (non-hydrogen) atoms. The van der Waals surface area contributed by atoms with Crippen LogP contribution in [0.2, 0.25) is 0 Å². The molecule has 0 atom stereocenters. The second-order valence-corrected chi connectivity index (χ2v) is 4.93. The third kappa shape index (κ3) is 3.52. The lowest BCUT2D eigenvalue weighted by molar-refractivity contribution is 0.0501. The molecular formula is C16H19N3O3. The fraction of sp³-hybridized carbons (Fsp3) is 0.312. The number of hydrogen-bond acceptors (Lipinski definition) is 4. The van der Waals surface area contributed by atoms with Crippen molar-refractivity contribution in [1.29, 1.82) is 0 Å². The van der Waals surface area contributed by atoms with Crippen LogP contribution < -0.4 is 5.32 Å². The van der Waals surface area contributed by atoms with E-state index < -0.39 is 5.97 Å². The lowest BCUT2D eigenvalue weighted by atomic mass is 10.2. The van der Waals surface area contributed by atoms with Crippen LogP contribution in [0.5, 0.6) is 0 Å². The number of hydrogen-bond donors (Lipinski definition) is 1. The maximum absolute atomic E-state index is 12.0. The number of carbonyl (C=O) groups excluding carboxylic acids is 2. The molecule has 0 saturated carbocycles. The van der Waals surface area contributed by atoms with E-state index >= 15 is 0 Å². The van der Waals surface area contributed by atoms with Crippen molar-refractivity contribution in [3.05, 3.63) is 52.8 Å². The minimum atomic E-state index is -0.419. The van der Waals surface area contributed by atoms with Crippen LogP contribution in [0, 0.1) is 13.8 Å². The van der Waals surface area contributed by atoms with Crippen LogP contribution in [-0.2, 0) is 11.8 Å². The predicted molar refractivity (Wildman–Crippen MR) is 81.7 cm³/mol. The van der Waals surface area contributed by atoms with Gasteiger partial charge in [-0.05, 0) is 26.0 Å². The van der Waals surface area contributed by atoms with Gasteiger partial charge in [0.15, 0.2) is 0 Å². The Bertz CT molecular complexity index is 677. The summed E-state index contributed by atoms with van der Waals surface area (Å²) in [5.74, 6) is -0.609. The second-order valence-electron chi connectivity index (χ2n) is 4.93. The van der Waals surface area contributed by atoms with E-state index in [4.69, 9.17) is 4.74 Å². The Balaban J connectivity index is 1.82. The Morgan fingerprint density at radius 1 is 1.23 bits per heavy atom. The quantitative estimate of drug-likeness (QED) is 0.673. The number of aryl methyl sites for hydroxylation is 2. The summed E-state index contributed by atoms with van der Waals surface area (Å²) in [7, 11) is 1.78. The van der Waals surface area contributed by atoms with Gasteiger partial charge >= 0.3 is 5.97 Å². The van der Waals surface area contributed by atoms with E-state index in [9.17, 15) is 9.59 Å². The van der Waals surface area contributed by atoms with Crippen LogP contribution in [0.25, 0.3) is 0 Å². The molecule has 0 saturated heterocycles. The fourth-order valence-corrected chi connectivity index (χ4v) is 2.14. The molecule has 0 aliphatic heterocycles. The number of nitrogens with zero attached hydrogens (tertiary/aromatic N) is 2. The standard InChI is InChI=1S/C16H19N3O3/c1-11-14(12(2)19(3)18-11)16(21)22-10-9-17-15(20)13-7-5-4-6-8-13/h4-8H,9-10H2,1-3H3,(H,17,20). The first-order valence-electron chi connectivity index (χ1n) is 7.01.